The number of hydrogen-bond donors (Lipinski definition) is 1. The third kappa shape index (κ3) is 6.16. The number of aromatic nitrogens is 2. The fourth-order valence-corrected chi connectivity index (χ4v) is 3.66. The first-order valence-electron chi connectivity index (χ1n) is 10.9. The lowest BCUT2D eigenvalue weighted by molar-refractivity contribution is -0.131. The highest BCUT2D eigenvalue weighted by Crippen LogP contribution is 2.11. The molecule has 1 amide bonds. The molecule has 0 spiro atoms. The van der Waals surface area contributed by atoms with E-state index in [0.717, 1.165) is 70.4 Å². The second-order valence-electron chi connectivity index (χ2n) is 8.04. The van der Waals surface area contributed by atoms with Crippen LogP contribution in [0.2, 0.25) is 0 Å². The molecule has 1 aromatic rings. The maximum Gasteiger partial charge on any atom is 0.236 e. The van der Waals surface area contributed by atoms with Gasteiger partial charge in [-0.05, 0) is 19.8 Å². The summed E-state index contributed by atoms with van der Waals surface area (Å²) in [6.45, 7) is 13.5. The van der Waals surface area contributed by atoms with Crippen LogP contribution in [0.25, 0.3) is 0 Å². The third-order valence-corrected chi connectivity index (χ3v) is 5.41. The van der Waals surface area contributed by atoms with Gasteiger partial charge >= 0.3 is 0 Å². The van der Waals surface area contributed by atoms with Gasteiger partial charge in [-0.1, -0.05) is 19.0 Å². The average Bonchev–Trinajstić information content (AvgIpc) is 3.40. The molecule has 9 heteroatoms. The van der Waals surface area contributed by atoms with Crippen LogP contribution in [0.4, 0.5) is 0 Å². The summed E-state index contributed by atoms with van der Waals surface area (Å²) in [6.07, 6.45) is 2.92. The molecule has 0 saturated carbocycles. The Labute approximate surface area is 173 Å². The molecule has 1 N–H and O–H groups in total. The Kier molecular flexibility index (Phi) is 7.85. The topological polar surface area (TPSA) is 90.1 Å². The smallest absolute Gasteiger partial charge is 0.236 e. The molecular formula is C20H35N7O2. The van der Waals surface area contributed by atoms with Crippen LogP contribution in [0, 0.1) is 0 Å². The molecule has 0 radical (unpaired) electrons. The van der Waals surface area contributed by atoms with E-state index in [0.29, 0.717) is 25.4 Å². The Morgan fingerprint density at radius 1 is 1.14 bits per heavy atom. The third-order valence-electron chi connectivity index (χ3n) is 5.41. The standard InChI is InChI=1S/C20H35N7O2/c1-4-21-20(22-8-7-17-23-19(16(2)3)24-29-17)27-13-11-25(12-14-27)15-18(28)26-9-5-6-10-26/h16H,4-15H2,1-3H3,(H,21,22). The fourth-order valence-electron chi connectivity index (χ4n) is 3.66. The Bertz CT molecular complexity index is 674. The minimum atomic E-state index is 0.266. The molecule has 2 aliphatic rings. The predicted octanol–water partition coefficient (Wildman–Crippen LogP) is 0.941. The van der Waals surface area contributed by atoms with Gasteiger partial charge in [0, 0.05) is 58.2 Å². The molecule has 0 bridgehead atoms. The average molecular weight is 406 g/mol. The summed E-state index contributed by atoms with van der Waals surface area (Å²) in [5.41, 5.74) is 0. The molecule has 3 rings (SSSR count). The lowest BCUT2D eigenvalue weighted by Gasteiger charge is -2.36. The summed E-state index contributed by atoms with van der Waals surface area (Å²) in [5.74, 6) is 2.84. The van der Waals surface area contributed by atoms with E-state index < -0.39 is 0 Å². The molecule has 9 nitrogen and oxygen atoms in total. The van der Waals surface area contributed by atoms with E-state index in [-0.39, 0.29) is 11.8 Å². The first kappa shape index (κ1) is 21.5. The monoisotopic (exact) mass is 405 g/mol. The van der Waals surface area contributed by atoms with Gasteiger partial charge in [0.05, 0.1) is 13.1 Å². The summed E-state index contributed by atoms with van der Waals surface area (Å²) in [4.78, 5) is 28.1. The van der Waals surface area contributed by atoms with Crippen molar-refractivity contribution in [1.29, 1.82) is 0 Å². The highest BCUT2D eigenvalue weighted by atomic mass is 16.5. The van der Waals surface area contributed by atoms with Gasteiger partial charge in [0.1, 0.15) is 0 Å². The molecule has 2 aliphatic heterocycles. The molecule has 162 valence electrons. The summed E-state index contributed by atoms with van der Waals surface area (Å²) < 4.78 is 5.30. The van der Waals surface area contributed by atoms with Crippen molar-refractivity contribution < 1.29 is 9.32 Å². The van der Waals surface area contributed by atoms with E-state index in [9.17, 15) is 4.79 Å². The molecule has 0 atom stereocenters. The Morgan fingerprint density at radius 3 is 2.48 bits per heavy atom. The van der Waals surface area contributed by atoms with Gasteiger partial charge in [-0.15, -0.1) is 0 Å². The molecule has 1 aromatic heterocycles. The Hall–Kier alpha value is -2.16. The maximum absolute atomic E-state index is 12.4. The van der Waals surface area contributed by atoms with Gasteiger partial charge in [0.25, 0.3) is 0 Å². The molecule has 2 fully saturated rings. The lowest BCUT2D eigenvalue weighted by atomic mass is 10.2. The number of carbonyl (C=O) groups is 1. The van der Waals surface area contributed by atoms with Gasteiger partial charge in [-0.25, -0.2) is 0 Å². The predicted molar refractivity (Wildman–Crippen MR) is 112 cm³/mol. The van der Waals surface area contributed by atoms with Crippen molar-refractivity contribution in [2.45, 2.75) is 46.0 Å². The molecule has 0 aliphatic carbocycles. The molecule has 0 unspecified atom stereocenters. The van der Waals surface area contributed by atoms with Crippen LogP contribution in [-0.2, 0) is 11.2 Å². The van der Waals surface area contributed by atoms with Crippen molar-refractivity contribution in [3.63, 3.8) is 0 Å². The minimum Gasteiger partial charge on any atom is -0.357 e. The number of rotatable bonds is 7. The number of piperazine rings is 1. The number of guanidine groups is 1. The summed E-state index contributed by atoms with van der Waals surface area (Å²) >= 11 is 0. The van der Waals surface area contributed by atoms with Crippen LogP contribution in [0.5, 0.6) is 0 Å². The zero-order chi connectivity index (χ0) is 20.6. The normalized spacial score (nSPS) is 18.7. The van der Waals surface area contributed by atoms with Crippen molar-refractivity contribution in [3.05, 3.63) is 11.7 Å². The van der Waals surface area contributed by atoms with Crippen molar-refractivity contribution >= 4 is 11.9 Å². The number of nitrogens with one attached hydrogen (secondary N) is 1. The lowest BCUT2D eigenvalue weighted by Crippen LogP contribution is -2.54. The Balaban J connectivity index is 1.46. The summed E-state index contributed by atoms with van der Waals surface area (Å²) in [7, 11) is 0. The molecule has 0 aromatic carbocycles. The highest BCUT2D eigenvalue weighted by molar-refractivity contribution is 5.80. The van der Waals surface area contributed by atoms with Crippen LogP contribution in [0.15, 0.2) is 9.52 Å². The second kappa shape index (κ2) is 10.6. The number of nitrogens with zero attached hydrogens (tertiary/aromatic N) is 6. The van der Waals surface area contributed by atoms with Crippen molar-refractivity contribution in [2.75, 3.05) is 58.9 Å². The molecule has 29 heavy (non-hydrogen) atoms. The van der Waals surface area contributed by atoms with Crippen LogP contribution < -0.4 is 5.32 Å². The van der Waals surface area contributed by atoms with E-state index in [1.807, 2.05) is 4.90 Å². The quantitative estimate of drug-likeness (QED) is 0.533. The van der Waals surface area contributed by atoms with Crippen LogP contribution >= 0.6 is 0 Å². The number of aliphatic imine (C=N–C) groups is 1. The largest absolute Gasteiger partial charge is 0.357 e. The SMILES string of the molecule is CCNC(=NCCc1nc(C(C)C)no1)N1CCN(CC(=O)N2CCCC2)CC1. The van der Waals surface area contributed by atoms with Crippen LogP contribution in [0.3, 0.4) is 0 Å². The van der Waals surface area contributed by atoms with Gasteiger partial charge in [0.15, 0.2) is 11.8 Å². The zero-order valence-corrected chi connectivity index (χ0v) is 18.1. The van der Waals surface area contributed by atoms with Crippen molar-refractivity contribution in [1.82, 2.24) is 30.2 Å². The van der Waals surface area contributed by atoms with E-state index in [1.54, 1.807) is 0 Å². The van der Waals surface area contributed by atoms with Gasteiger partial charge < -0.3 is 19.6 Å². The Morgan fingerprint density at radius 2 is 1.86 bits per heavy atom. The summed E-state index contributed by atoms with van der Waals surface area (Å²) in [6, 6.07) is 0. The van der Waals surface area contributed by atoms with Gasteiger partial charge in [-0.2, -0.15) is 4.98 Å². The second-order valence-corrected chi connectivity index (χ2v) is 8.04. The number of amides is 1. The van der Waals surface area contributed by atoms with Crippen LogP contribution in [0.1, 0.15) is 51.2 Å². The molecule has 2 saturated heterocycles. The van der Waals surface area contributed by atoms with E-state index in [4.69, 9.17) is 9.52 Å². The number of carbonyl (C=O) groups excluding carboxylic acids is 1. The molecular weight excluding hydrogens is 370 g/mol. The first-order chi connectivity index (χ1) is 14.1. The van der Waals surface area contributed by atoms with E-state index >= 15 is 0 Å². The fraction of sp³-hybridized carbons (Fsp3) is 0.800. The van der Waals surface area contributed by atoms with Gasteiger partial charge in [0.2, 0.25) is 11.8 Å². The summed E-state index contributed by atoms with van der Waals surface area (Å²) in [5, 5.41) is 7.38. The van der Waals surface area contributed by atoms with Crippen molar-refractivity contribution in [3.8, 4) is 0 Å². The van der Waals surface area contributed by atoms with Gasteiger partial charge in [-0.3, -0.25) is 14.7 Å². The zero-order valence-electron chi connectivity index (χ0n) is 18.1. The number of likely N-dealkylation sites (tertiary alicyclic amines) is 1. The van der Waals surface area contributed by atoms with Crippen molar-refractivity contribution in [2.24, 2.45) is 4.99 Å². The maximum atomic E-state index is 12.4. The van der Waals surface area contributed by atoms with E-state index in [1.165, 1.54) is 0 Å². The van der Waals surface area contributed by atoms with Crippen LogP contribution in [-0.4, -0.2) is 95.6 Å². The minimum absolute atomic E-state index is 0.266. The number of hydrogen-bond acceptors (Lipinski definition) is 6. The first-order valence-corrected chi connectivity index (χ1v) is 10.9. The highest BCUT2D eigenvalue weighted by Gasteiger charge is 2.24. The molecule has 3 heterocycles. The van der Waals surface area contributed by atoms with E-state index in [2.05, 4.69) is 46.0 Å².